The summed E-state index contributed by atoms with van der Waals surface area (Å²) in [6.07, 6.45) is -2.00. The third kappa shape index (κ3) is 2.93. The van der Waals surface area contributed by atoms with E-state index >= 15 is 0 Å². The zero-order chi connectivity index (χ0) is 14.0. The third-order valence-corrected chi connectivity index (χ3v) is 2.75. The first-order valence-electron chi connectivity index (χ1n) is 5.55. The Kier molecular flexibility index (Phi) is 3.85. The van der Waals surface area contributed by atoms with Crippen molar-refractivity contribution in [3.63, 3.8) is 0 Å². The fourth-order valence-corrected chi connectivity index (χ4v) is 1.84. The van der Waals surface area contributed by atoms with E-state index < -0.39 is 41.4 Å². The summed E-state index contributed by atoms with van der Waals surface area (Å²) < 4.78 is 53.2. The Morgan fingerprint density at radius 1 is 0.895 bits per heavy atom. The molecule has 0 radical (unpaired) electrons. The van der Waals surface area contributed by atoms with Gasteiger partial charge in [-0.1, -0.05) is 6.07 Å². The molecule has 0 saturated carbocycles. The van der Waals surface area contributed by atoms with Gasteiger partial charge in [0.15, 0.2) is 0 Å². The summed E-state index contributed by atoms with van der Waals surface area (Å²) >= 11 is 0. The number of benzene rings is 2. The van der Waals surface area contributed by atoms with Crippen molar-refractivity contribution in [3.05, 3.63) is 70.8 Å². The van der Waals surface area contributed by atoms with Crippen LogP contribution in [-0.4, -0.2) is 5.11 Å². The molecule has 0 bridgehead atoms. The third-order valence-electron chi connectivity index (χ3n) is 2.75. The van der Waals surface area contributed by atoms with Gasteiger partial charge in [0.2, 0.25) is 0 Å². The molecule has 0 fully saturated rings. The first kappa shape index (κ1) is 13.5. The van der Waals surface area contributed by atoms with Crippen LogP contribution < -0.4 is 0 Å². The van der Waals surface area contributed by atoms with Gasteiger partial charge in [-0.25, -0.2) is 17.6 Å². The van der Waals surface area contributed by atoms with Gasteiger partial charge in [-0.2, -0.15) is 0 Å². The molecule has 0 saturated heterocycles. The molecule has 0 aromatic heterocycles. The van der Waals surface area contributed by atoms with E-state index in [0.717, 1.165) is 36.4 Å². The summed E-state index contributed by atoms with van der Waals surface area (Å²) in [5, 5.41) is 9.78. The lowest BCUT2D eigenvalue weighted by molar-refractivity contribution is 0.167. The standard InChI is InChI=1S/C14H10F4O/c15-9-4-5-10(16)8(6-9)7-13(19)14-11(17)2-1-3-12(14)18/h1-6,13,19H,7H2. The van der Waals surface area contributed by atoms with E-state index in [1.165, 1.54) is 0 Å². The van der Waals surface area contributed by atoms with E-state index in [-0.39, 0.29) is 5.56 Å². The predicted octanol–water partition coefficient (Wildman–Crippen LogP) is 3.52. The normalized spacial score (nSPS) is 12.5. The summed E-state index contributed by atoms with van der Waals surface area (Å²) in [6.45, 7) is 0. The molecule has 1 atom stereocenters. The minimum atomic E-state index is -1.59. The molecular weight excluding hydrogens is 260 g/mol. The first-order valence-corrected chi connectivity index (χ1v) is 5.55. The second kappa shape index (κ2) is 5.40. The van der Waals surface area contributed by atoms with Crippen LogP contribution in [0.4, 0.5) is 17.6 Å². The van der Waals surface area contributed by atoms with E-state index in [2.05, 4.69) is 0 Å². The summed E-state index contributed by atoms with van der Waals surface area (Å²) in [4.78, 5) is 0. The molecule has 2 aromatic carbocycles. The first-order chi connectivity index (χ1) is 8.99. The summed E-state index contributed by atoms with van der Waals surface area (Å²) in [5.74, 6) is -3.27. The fraction of sp³-hybridized carbons (Fsp3) is 0.143. The summed E-state index contributed by atoms with van der Waals surface area (Å²) in [7, 11) is 0. The summed E-state index contributed by atoms with van der Waals surface area (Å²) in [5.41, 5.74) is -0.693. The van der Waals surface area contributed by atoms with E-state index in [1.54, 1.807) is 0 Å². The van der Waals surface area contributed by atoms with Crippen molar-refractivity contribution in [1.29, 1.82) is 0 Å². The maximum Gasteiger partial charge on any atom is 0.131 e. The van der Waals surface area contributed by atoms with Gasteiger partial charge in [0.25, 0.3) is 0 Å². The Hall–Kier alpha value is -1.88. The Morgan fingerprint density at radius 2 is 1.53 bits per heavy atom. The predicted molar refractivity (Wildman–Crippen MR) is 61.4 cm³/mol. The van der Waals surface area contributed by atoms with Crippen LogP contribution in [0.25, 0.3) is 0 Å². The van der Waals surface area contributed by atoms with Crippen molar-refractivity contribution < 1.29 is 22.7 Å². The lowest BCUT2D eigenvalue weighted by atomic mass is 10.00. The molecule has 0 aliphatic carbocycles. The lowest BCUT2D eigenvalue weighted by Crippen LogP contribution is -2.08. The molecule has 0 aliphatic rings. The van der Waals surface area contributed by atoms with Crippen LogP contribution in [0.3, 0.4) is 0 Å². The molecule has 19 heavy (non-hydrogen) atoms. The van der Waals surface area contributed by atoms with E-state index in [0.29, 0.717) is 0 Å². The molecule has 0 amide bonds. The smallest absolute Gasteiger partial charge is 0.131 e. The van der Waals surface area contributed by atoms with Gasteiger partial charge in [-0.15, -0.1) is 0 Å². The molecule has 1 unspecified atom stereocenters. The largest absolute Gasteiger partial charge is 0.388 e. The zero-order valence-electron chi connectivity index (χ0n) is 9.71. The fourth-order valence-electron chi connectivity index (χ4n) is 1.84. The number of aliphatic hydroxyl groups is 1. The van der Waals surface area contributed by atoms with Crippen molar-refractivity contribution in [1.82, 2.24) is 0 Å². The van der Waals surface area contributed by atoms with Crippen LogP contribution >= 0.6 is 0 Å². The van der Waals surface area contributed by atoms with Crippen LogP contribution in [0, 0.1) is 23.3 Å². The number of hydrogen-bond donors (Lipinski definition) is 1. The van der Waals surface area contributed by atoms with Crippen LogP contribution in [0.15, 0.2) is 36.4 Å². The highest BCUT2D eigenvalue weighted by atomic mass is 19.1. The molecule has 0 aliphatic heterocycles. The van der Waals surface area contributed by atoms with E-state index in [1.807, 2.05) is 0 Å². The highest BCUT2D eigenvalue weighted by Crippen LogP contribution is 2.25. The second-order valence-electron chi connectivity index (χ2n) is 4.09. The number of hydrogen-bond acceptors (Lipinski definition) is 1. The van der Waals surface area contributed by atoms with E-state index in [9.17, 15) is 22.7 Å². The summed E-state index contributed by atoms with van der Waals surface area (Å²) in [6, 6.07) is 5.85. The maximum atomic E-state index is 13.4. The lowest BCUT2D eigenvalue weighted by Gasteiger charge is -2.13. The van der Waals surface area contributed by atoms with Gasteiger partial charge in [-0.05, 0) is 35.9 Å². The number of halogens is 4. The van der Waals surface area contributed by atoms with Crippen LogP contribution in [0.1, 0.15) is 17.2 Å². The topological polar surface area (TPSA) is 20.2 Å². The molecule has 0 spiro atoms. The van der Waals surface area contributed by atoms with Gasteiger partial charge in [0.1, 0.15) is 23.3 Å². The molecule has 2 aromatic rings. The molecular formula is C14H10F4O. The van der Waals surface area contributed by atoms with Crippen molar-refractivity contribution >= 4 is 0 Å². The highest BCUT2D eigenvalue weighted by molar-refractivity contribution is 5.26. The maximum absolute atomic E-state index is 13.4. The number of aliphatic hydroxyl groups excluding tert-OH is 1. The van der Waals surface area contributed by atoms with Crippen molar-refractivity contribution in [2.45, 2.75) is 12.5 Å². The monoisotopic (exact) mass is 270 g/mol. The molecule has 2 rings (SSSR count). The highest BCUT2D eigenvalue weighted by Gasteiger charge is 2.19. The van der Waals surface area contributed by atoms with Gasteiger partial charge in [-0.3, -0.25) is 0 Å². The van der Waals surface area contributed by atoms with Gasteiger partial charge >= 0.3 is 0 Å². The molecule has 1 nitrogen and oxygen atoms in total. The zero-order valence-corrected chi connectivity index (χ0v) is 9.71. The molecule has 5 heteroatoms. The second-order valence-corrected chi connectivity index (χ2v) is 4.09. The Bertz CT molecular complexity index is 578. The van der Waals surface area contributed by atoms with Crippen LogP contribution in [0.5, 0.6) is 0 Å². The Labute approximate surface area is 107 Å². The number of rotatable bonds is 3. The minimum Gasteiger partial charge on any atom is -0.388 e. The van der Waals surface area contributed by atoms with Crippen LogP contribution in [-0.2, 0) is 6.42 Å². The van der Waals surface area contributed by atoms with Crippen LogP contribution in [0.2, 0.25) is 0 Å². The average molecular weight is 270 g/mol. The Morgan fingerprint density at radius 3 is 2.16 bits per heavy atom. The van der Waals surface area contributed by atoms with Gasteiger partial charge in [0, 0.05) is 6.42 Å². The van der Waals surface area contributed by atoms with E-state index in [4.69, 9.17) is 0 Å². The Balaban J connectivity index is 2.31. The van der Waals surface area contributed by atoms with Gasteiger partial charge in [0.05, 0.1) is 11.7 Å². The van der Waals surface area contributed by atoms with Crippen molar-refractivity contribution in [3.8, 4) is 0 Å². The minimum absolute atomic E-state index is 0.143. The van der Waals surface area contributed by atoms with Crippen molar-refractivity contribution in [2.24, 2.45) is 0 Å². The average Bonchev–Trinajstić information content (AvgIpc) is 2.33. The molecule has 100 valence electrons. The van der Waals surface area contributed by atoms with Crippen molar-refractivity contribution in [2.75, 3.05) is 0 Å². The molecule has 0 heterocycles. The SMILES string of the molecule is OC(Cc1cc(F)ccc1F)c1c(F)cccc1F. The molecule has 1 N–H and O–H groups in total. The van der Waals surface area contributed by atoms with Gasteiger partial charge < -0.3 is 5.11 Å². The quantitative estimate of drug-likeness (QED) is 0.846.